The van der Waals surface area contributed by atoms with Gasteiger partial charge in [0.15, 0.2) is 0 Å². The minimum absolute atomic E-state index is 0.318. The smallest absolute Gasteiger partial charge is 0.310 e. The van der Waals surface area contributed by atoms with Crippen molar-refractivity contribution in [2.75, 3.05) is 13.1 Å². The normalized spacial score (nSPS) is 22.1. The zero-order valence-corrected chi connectivity index (χ0v) is 12.1. The maximum atomic E-state index is 13.1. The number of hydrogen-bond donors (Lipinski definition) is 1. The first-order valence-corrected chi connectivity index (χ1v) is 7.15. The Hall–Kier alpha value is -1.93. The van der Waals surface area contributed by atoms with E-state index < -0.39 is 17.2 Å². The summed E-state index contributed by atoms with van der Waals surface area (Å²) in [5.74, 6) is -1.17. The van der Waals surface area contributed by atoms with E-state index in [1.54, 1.807) is 6.07 Å². The van der Waals surface area contributed by atoms with Crippen molar-refractivity contribution in [2.24, 2.45) is 5.41 Å². The molecule has 1 atom stereocenters. The van der Waals surface area contributed by atoms with Gasteiger partial charge in [0.2, 0.25) is 0 Å². The van der Waals surface area contributed by atoms with Gasteiger partial charge in [0.1, 0.15) is 5.82 Å². The molecule has 0 bridgehead atoms. The highest BCUT2D eigenvalue weighted by Gasteiger charge is 2.43. The van der Waals surface area contributed by atoms with Crippen molar-refractivity contribution >= 4 is 5.97 Å². The highest BCUT2D eigenvalue weighted by molar-refractivity contribution is 5.75. The summed E-state index contributed by atoms with van der Waals surface area (Å²) in [4.78, 5) is 13.6. The lowest BCUT2D eigenvalue weighted by atomic mass is 9.83. The molecule has 0 aromatic heterocycles. The molecule has 0 saturated carbocycles. The minimum Gasteiger partial charge on any atom is -0.481 e. The number of hydrogen-bond acceptors (Lipinski definition) is 3. The first-order chi connectivity index (χ1) is 10.0. The molecule has 21 heavy (non-hydrogen) atoms. The number of carbonyl (C=O) groups is 1. The highest BCUT2D eigenvalue weighted by Crippen LogP contribution is 2.36. The van der Waals surface area contributed by atoms with Gasteiger partial charge in [-0.25, -0.2) is 4.39 Å². The second kappa shape index (κ2) is 6.23. The van der Waals surface area contributed by atoms with Crippen molar-refractivity contribution in [3.05, 3.63) is 35.1 Å². The summed E-state index contributed by atoms with van der Waals surface area (Å²) in [5.41, 5.74) is 0.386. The number of halogens is 1. The molecule has 4 nitrogen and oxygen atoms in total. The highest BCUT2D eigenvalue weighted by atomic mass is 19.1. The topological polar surface area (TPSA) is 64.3 Å². The van der Waals surface area contributed by atoms with Gasteiger partial charge in [-0.3, -0.25) is 9.69 Å². The van der Waals surface area contributed by atoms with Crippen molar-refractivity contribution in [3.63, 3.8) is 0 Å². The Morgan fingerprint density at radius 1 is 1.57 bits per heavy atom. The van der Waals surface area contributed by atoms with Crippen LogP contribution < -0.4 is 0 Å². The van der Waals surface area contributed by atoms with Crippen molar-refractivity contribution in [2.45, 2.75) is 32.7 Å². The van der Waals surface area contributed by atoms with Gasteiger partial charge in [0.25, 0.3) is 0 Å². The standard InChI is InChI=1S/C16H19FN2O2/c1-2-5-16(15(20)21)6-7-19(11-16)10-12-3-4-14(17)8-13(12)9-18/h3-4,8H,2,5-7,10-11H2,1H3,(H,20,21). The predicted octanol–water partition coefficient (Wildman–Crippen LogP) is 2.77. The van der Waals surface area contributed by atoms with E-state index in [1.807, 2.05) is 17.9 Å². The average Bonchev–Trinajstić information content (AvgIpc) is 2.86. The zero-order valence-electron chi connectivity index (χ0n) is 12.1. The van der Waals surface area contributed by atoms with Gasteiger partial charge in [0, 0.05) is 13.1 Å². The Bertz CT molecular complexity index is 582. The first-order valence-electron chi connectivity index (χ1n) is 7.15. The van der Waals surface area contributed by atoms with Crippen LogP contribution in [0.3, 0.4) is 0 Å². The Morgan fingerprint density at radius 3 is 2.95 bits per heavy atom. The summed E-state index contributed by atoms with van der Waals surface area (Å²) in [7, 11) is 0. The van der Waals surface area contributed by atoms with Crippen LogP contribution in [0.2, 0.25) is 0 Å². The molecule has 0 radical (unpaired) electrons. The van der Waals surface area contributed by atoms with Gasteiger partial charge < -0.3 is 5.11 Å². The van der Waals surface area contributed by atoms with Gasteiger partial charge in [-0.1, -0.05) is 19.4 Å². The van der Waals surface area contributed by atoms with Crippen LogP contribution in [0.1, 0.15) is 37.3 Å². The van der Waals surface area contributed by atoms with Crippen molar-refractivity contribution in [3.8, 4) is 6.07 Å². The zero-order chi connectivity index (χ0) is 15.5. The summed E-state index contributed by atoms with van der Waals surface area (Å²) in [6, 6.07) is 6.16. The number of likely N-dealkylation sites (tertiary alicyclic amines) is 1. The molecule has 1 fully saturated rings. The van der Waals surface area contributed by atoms with Crippen LogP contribution in [-0.2, 0) is 11.3 Å². The molecule has 112 valence electrons. The predicted molar refractivity (Wildman–Crippen MR) is 76.0 cm³/mol. The van der Waals surface area contributed by atoms with Gasteiger partial charge >= 0.3 is 5.97 Å². The lowest BCUT2D eigenvalue weighted by Crippen LogP contribution is -2.34. The van der Waals surface area contributed by atoms with Crippen molar-refractivity contribution in [1.29, 1.82) is 5.26 Å². The Kier molecular flexibility index (Phi) is 4.59. The van der Waals surface area contributed by atoms with E-state index in [0.717, 1.165) is 12.0 Å². The second-order valence-electron chi connectivity index (χ2n) is 5.71. The fourth-order valence-electron chi connectivity index (χ4n) is 3.09. The molecule has 1 aromatic carbocycles. The molecule has 1 unspecified atom stereocenters. The van der Waals surface area contributed by atoms with Gasteiger partial charge in [-0.05, 0) is 37.1 Å². The molecular formula is C16H19FN2O2. The summed E-state index contributed by atoms with van der Waals surface area (Å²) >= 11 is 0. The third-order valence-electron chi connectivity index (χ3n) is 4.20. The van der Waals surface area contributed by atoms with Crippen molar-refractivity contribution < 1.29 is 14.3 Å². The van der Waals surface area contributed by atoms with E-state index in [9.17, 15) is 14.3 Å². The maximum Gasteiger partial charge on any atom is 0.310 e. The molecule has 0 amide bonds. The number of aliphatic carboxylic acids is 1. The van der Waals surface area contributed by atoms with Crippen LogP contribution in [0.25, 0.3) is 0 Å². The van der Waals surface area contributed by atoms with Gasteiger partial charge in [0.05, 0.1) is 17.0 Å². The van der Waals surface area contributed by atoms with Crippen molar-refractivity contribution in [1.82, 2.24) is 4.90 Å². The lowest BCUT2D eigenvalue weighted by molar-refractivity contribution is -0.148. The number of nitrogens with zero attached hydrogens (tertiary/aromatic N) is 2. The maximum absolute atomic E-state index is 13.1. The average molecular weight is 290 g/mol. The number of carboxylic acid groups (broad SMARTS) is 1. The molecule has 1 saturated heterocycles. The molecule has 1 aliphatic heterocycles. The van der Waals surface area contributed by atoms with E-state index >= 15 is 0 Å². The summed E-state index contributed by atoms with van der Waals surface area (Å²) in [5, 5.41) is 18.5. The molecule has 5 heteroatoms. The van der Waals surface area contributed by atoms with Gasteiger partial charge in [-0.15, -0.1) is 0 Å². The third-order valence-corrected chi connectivity index (χ3v) is 4.20. The number of rotatable bonds is 5. The Labute approximate surface area is 123 Å². The molecule has 1 aliphatic rings. The van der Waals surface area contributed by atoms with E-state index in [0.29, 0.717) is 38.0 Å². The SMILES string of the molecule is CCCC1(C(=O)O)CCN(Cc2ccc(F)cc2C#N)C1. The molecule has 1 N–H and O–H groups in total. The summed E-state index contributed by atoms with van der Waals surface area (Å²) in [6.07, 6.45) is 2.12. The van der Waals surface area contributed by atoms with E-state index in [-0.39, 0.29) is 0 Å². The number of nitriles is 1. The molecule has 0 spiro atoms. The van der Waals surface area contributed by atoms with Crippen LogP contribution in [0.4, 0.5) is 4.39 Å². The second-order valence-corrected chi connectivity index (χ2v) is 5.71. The Morgan fingerprint density at radius 2 is 2.33 bits per heavy atom. The molecule has 1 heterocycles. The van der Waals surface area contributed by atoms with Crippen LogP contribution >= 0.6 is 0 Å². The quantitative estimate of drug-likeness (QED) is 0.905. The first kappa shape index (κ1) is 15.5. The monoisotopic (exact) mass is 290 g/mol. The van der Waals surface area contributed by atoms with E-state index in [4.69, 9.17) is 5.26 Å². The minimum atomic E-state index is -0.744. The van der Waals surface area contributed by atoms with Gasteiger partial charge in [-0.2, -0.15) is 5.26 Å². The largest absolute Gasteiger partial charge is 0.481 e. The van der Waals surface area contributed by atoms with E-state index in [2.05, 4.69) is 0 Å². The van der Waals surface area contributed by atoms with Crippen LogP contribution in [0, 0.1) is 22.6 Å². The summed E-state index contributed by atoms with van der Waals surface area (Å²) in [6.45, 7) is 3.65. The fourth-order valence-corrected chi connectivity index (χ4v) is 3.09. The number of carboxylic acids is 1. The molecule has 2 rings (SSSR count). The lowest BCUT2D eigenvalue weighted by Gasteiger charge is -2.24. The Balaban J connectivity index is 2.13. The van der Waals surface area contributed by atoms with E-state index in [1.165, 1.54) is 12.1 Å². The molecule has 0 aliphatic carbocycles. The molecule has 1 aromatic rings. The summed E-state index contributed by atoms with van der Waals surface area (Å²) < 4.78 is 13.1. The van der Waals surface area contributed by atoms with Crippen LogP contribution in [0.5, 0.6) is 0 Å². The fraction of sp³-hybridized carbons (Fsp3) is 0.500. The van der Waals surface area contributed by atoms with Crippen LogP contribution in [-0.4, -0.2) is 29.1 Å². The third kappa shape index (κ3) is 3.22. The van der Waals surface area contributed by atoms with Crippen LogP contribution in [0.15, 0.2) is 18.2 Å². The number of benzene rings is 1. The molecular weight excluding hydrogens is 271 g/mol.